The van der Waals surface area contributed by atoms with Crippen molar-refractivity contribution in [1.82, 2.24) is 9.13 Å². The van der Waals surface area contributed by atoms with Gasteiger partial charge in [-0.25, -0.2) is 0 Å². The lowest BCUT2D eigenvalue weighted by molar-refractivity contribution is 1.18. The monoisotopic (exact) mass is 716 g/mol. The van der Waals surface area contributed by atoms with Crippen LogP contribution in [0, 0.1) is 22.7 Å². The molecule has 0 aliphatic heterocycles. The maximum Gasteiger partial charge on any atom is 0.179 e. The highest BCUT2D eigenvalue weighted by molar-refractivity contribution is 7.20. The van der Waals surface area contributed by atoms with Gasteiger partial charge in [0.15, 0.2) is 8.07 Å². The number of aromatic nitrogens is 2. The van der Waals surface area contributed by atoms with Crippen molar-refractivity contribution >= 4 is 72.4 Å². The molecule has 0 amide bonds. The van der Waals surface area contributed by atoms with E-state index >= 15 is 0 Å². The van der Waals surface area contributed by atoms with E-state index in [0.29, 0.717) is 11.1 Å². The first-order chi connectivity index (χ1) is 27.2. The highest BCUT2D eigenvalue weighted by atomic mass is 28.3. The normalized spacial score (nSPS) is 11.6. The number of nitriles is 2. The van der Waals surface area contributed by atoms with Crippen LogP contribution in [0.25, 0.3) is 55.0 Å². The zero-order valence-electron chi connectivity index (χ0n) is 29.8. The lowest BCUT2D eigenvalue weighted by Crippen LogP contribution is -2.74. The molecule has 2 heterocycles. The number of rotatable bonds is 6. The fraction of sp³-hybridized carbons (Fsp3) is 0. The summed E-state index contributed by atoms with van der Waals surface area (Å²) < 4.78 is 4.69. The molecule has 0 bridgehead atoms. The molecule has 0 N–H and O–H groups in total. The van der Waals surface area contributed by atoms with Crippen LogP contribution in [0.1, 0.15) is 11.1 Å². The summed E-state index contributed by atoms with van der Waals surface area (Å²) in [5, 5.41) is 29.1. The van der Waals surface area contributed by atoms with Gasteiger partial charge in [-0.05, 0) is 93.5 Å². The van der Waals surface area contributed by atoms with E-state index in [1.807, 2.05) is 36.4 Å². The topological polar surface area (TPSA) is 57.4 Å². The molecule has 0 fully saturated rings. The van der Waals surface area contributed by atoms with Gasteiger partial charge in [-0.15, -0.1) is 0 Å². The quantitative estimate of drug-likeness (QED) is 0.127. The molecule has 55 heavy (non-hydrogen) atoms. The zero-order chi connectivity index (χ0) is 36.9. The summed E-state index contributed by atoms with van der Waals surface area (Å²) >= 11 is 0. The van der Waals surface area contributed by atoms with Crippen molar-refractivity contribution in [2.75, 3.05) is 0 Å². The summed E-state index contributed by atoms with van der Waals surface area (Å²) in [6.45, 7) is 0. The van der Waals surface area contributed by atoms with E-state index in [1.54, 1.807) is 0 Å². The number of benzene rings is 8. The first kappa shape index (κ1) is 32.2. The summed E-state index contributed by atoms with van der Waals surface area (Å²) in [4.78, 5) is 0. The molecule has 2 aromatic heterocycles. The zero-order valence-corrected chi connectivity index (χ0v) is 30.8. The van der Waals surface area contributed by atoms with Crippen molar-refractivity contribution < 1.29 is 0 Å². The van der Waals surface area contributed by atoms with Gasteiger partial charge in [-0.1, -0.05) is 121 Å². The number of fused-ring (bicyclic) bond motifs is 6. The molecule has 0 radical (unpaired) electrons. The van der Waals surface area contributed by atoms with Crippen LogP contribution < -0.4 is 20.7 Å². The van der Waals surface area contributed by atoms with E-state index in [-0.39, 0.29) is 0 Å². The molecule has 0 unspecified atom stereocenters. The van der Waals surface area contributed by atoms with Crippen molar-refractivity contribution in [3.63, 3.8) is 0 Å². The first-order valence-electron chi connectivity index (χ1n) is 18.4. The predicted octanol–water partition coefficient (Wildman–Crippen LogP) is 9.00. The lowest BCUT2D eigenvalue weighted by atomic mass is 10.1. The minimum Gasteiger partial charge on any atom is -0.309 e. The van der Waals surface area contributed by atoms with Crippen LogP contribution in [0.3, 0.4) is 0 Å². The fourth-order valence-corrected chi connectivity index (χ4v) is 13.5. The average Bonchev–Trinajstić information content (AvgIpc) is 3.77. The minimum atomic E-state index is -3.01. The van der Waals surface area contributed by atoms with Gasteiger partial charge in [0, 0.05) is 32.9 Å². The van der Waals surface area contributed by atoms with Crippen LogP contribution in [0.2, 0.25) is 0 Å². The third-order valence-corrected chi connectivity index (χ3v) is 15.8. The maximum absolute atomic E-state index is 9.83. The molecule has 5 heteroatoms. The molecule has 4 nitrogen and oxygen atoms in total. The third-order valence-electron chi connectivity index (χ3n) is 11.1. The molecule has 0 saturated carbocycles. The maximum atomic E-state index is 9.83. The van der Waals surface area contributed by atoms with Gasteiger partial charge in [0.25, 0.3) is 0 Å². The van der Waals surface area contributed by atoms with E-state index in [4.69, 9.17) is 0 Å². The minimum absolute atomic E-state index is 0.588. The standard InChI is InChI=1S/C50H32N4Si/c51-33-35-23-27-48-45(29-35)46-30-36(34-52)24-28-49(46)54(48)38-15-12-20-41(31-38)55(39-16-6-2-7-17-39,40-18-8-3-9-19-40)42-25-26-44-43-21-10-11-22-47(43)53(50(44)32-42)37-13-4-1-5-14-37/h1-32H. The highest BCUT2D eigenvalue weighted by Gasteiger charge is 2.42. The van der Waals surface area contributed by atoms with Crippen molar-refractivity contribution in [2.45, 2.75) is 0 Å². The van der Waals surface area contributed by atoms with E-state index in [9.17, 15) is 10.5 Å². The molecule has 0 aliphatic rings. The number of hydrogen-bond donors (Lipinski definition) is 0. The van der Waals surface area contributed by atoms with Gasteiger partial charge in [0.05, 0.1) is 45.3 Å². The van der Waals surface area contributed by atoms with Gasteiger partial charge < -0.3 is 9.13 Å². The second kappa shape index (κ2) is 12.9. The Kier molecular flexibility index (Phi) is 7.56. The van der Waals surface area contributed by atoms with E-state index < -0.39 is 8.07 Å². The Bertz CT molecular complexity index is 3050. The number of hydrogen-bond acceptors (Lipinski definition) is 2. The van der Waals surface area contributed by atoms with Crippen molar-refractivity contribution in [1.29, 1.82) is 10.5 Å². The molecular weight excluding hydrogens is 685 g/mol. The fourth-order valence-electron chi connectivity index (χ4n) is 8.75. The molecule has 0 aliphatic carbocycles. The molecule has 0 atom stereocenters. The summed E-state index contributed by atoms with van der Waals surface area (Å²) in [5.41, 5.74) is 7.66. The van der Waals surface area contributed by atoms with Gasteiger partial charge in [0.1, 0.15) is 0 Å². The molecule has 0 spiro atoms. The summed E-state index contributed by atoms with van der Waals surface area (Å²) in [5.74, 6) is 0. The lowest BCUT2D eigenvalue weighted by Gasteiger charge is -2.35. The van der Waals surface area contributed by atoms with Gasteiger partial charge in [-0.3, -0.25) is 0 Å². The first-order valence-corrected chi connectivity index (χ1v) is 20.4. The smallest absolute Gasteiger partial charge is 0.179 e. The number of para-hydroxylation sites is 2. The molecule has 10 rings (SSSR count). The van der Waals surface area contributed by atoms with Crippen molar-refractivity contribution in [3.8, 4) is 23.5 Å². The van der Waals surface area contributed by atoms with E-state index in [0.717, 1.165) is 33.2 Å². The Morgan fingerprint density at radius 1 is 0.327 bits per heavy atom. The molecule has 0 saturated heterocycles. The Balaban J connectivity index is 1.31. The van der Waals surface area contributed by atoms with E-state index in [2.05, 4.69) is 179 Å². The molecule has 10 aromatic rings. The Morgan fingerprint density at radius 3 is 1.42 bits per heavy atom. The SMILES string of the molecule is N#Cc1ccc2c(c1)c1cc(C#N)ccc1n2-c1cccc([Si](c2ccccc2)(c2ccccc2)c2ccc3c4ccccc4n(-c4ccccc4)c3c2)c1. The van der Waals surface area contributed by atoms with Crippen molar-refractivity contribution in [3.05, 3.63) is 205 Å². The Labute approximate surface area is 319 Å². The van der Waals surface area contributed by atoms with Gasteiger partial charge in [-0.2, -0.15) is 10.5 Å². The summed E-state index contributed by atoms with van der Waals surface area (Å²) in [7, 11) is -3.01. The van der Waals surface area contributed by atoms with Gasteiger partial charge in [0.2, 0.25) is 0 Å². The largest absolute Gasteiger partial charge is 0.309 e. The summed E-state index contributed by atoms with van der Waals surface area (Å²) in [6.07, 6.45) is 0. The molecule has 8 aromatic carbocycles. The second-order valence-electron chi connectivity index (χ2n) is 14.0. The molecular formula is C50H32N4Si. The Hall–Kier alpha value is -7.44. The van der Waals surface area contributed by atoms with Crippen LogP contribution in [0.5, 0.6) is 0 Å². The van der Waals surface area contributed by atoms with Crippen molar-refractivity contribution in [2.24, 2.45) is 0 Å². The summed E-state index contributed by atoms with van der Waals surface area (Å²) in [6, 6.07) is 73.9. The second-order valence-corrected chi connectivity index (χ2v) is 17.8. The van der Waals surface area contributed by atoms with Gasteiger partial charge >= 0.3 is 0 Å². The average molecular weight is 717 g/mol. The van der Waals surface area contributed by atoms with Crippen LogP contribution in [0.4, 0.5) is 0 Å². The van der Waals surface area contributed by atoms with Crippen LogP contribution in [-0.2, 0) is 0 Å². The Morgan fingerprint density at radius 2 is 0.800 bits per heavy atom. The highest BCUT2D eigenvalue weighted by Crippen LogP contribution is 2.34. The number of nitrogens with zero attached hydrogens (tertiary/aromatic N) is 4. The van der Waals surface area contributed by atoms with Crippen LogP contribution in [0.15, 0.2) is 194 Å². The van der Waals surface area contributed by atoms with Crippen LogP contribution >= 0.6 is 0 Å². The third kappa shape index (κ3) is 4.96. The van der Waals surface area contributed by atoms with Crippen LogP contribution in [-0.4, -0.2) is 17.2 Å². The van der Waals surface area contributed by atoms with E-state index in [1.165, 1.54) is 42.6 Å². The predicted molar refractivity (Wildman–Crippen MR) is 228 cm³/mol. The molecule has 256 valence electrons.